The minimum absolute atomic E-state index is 0.199. The van der Waals surface area contributed by atoms with Gasteiger partial charge in [-0.05, 0) is 41.6 Å². The quantitative estimate of drug-likeness (QED) is 0.766. The fraction of sp³-hybridized carbons (Fsp3) is 0.562. The number of aromatic nitrogens is 4. The average Bonchev–Trinajstić information content (AvgIpc) is 3.05. The molecule has 0 saturated carbocycles. The van der Waals surface area contributed by atoms with Crippen molar-refractivity contribution >= 4 is 33.5 Å². The predicted octanol–water partition coefficient (Wildman–Crippen LogP) is 4.39. The van der Waals surface area contributed by atoms with E-state index in [1.807, 2.05) is 11.6 Å². The Labute approximate surface area is 150 Å². The smallest absolute Gasteiger partial charge is 0.225 e. The molecule has 2 aromatic heterocycles. The van der Waals surface area contributed by atoms with Crippen molar-refractivity contribution in [1.82, 2.24) is 19.7 Å². The Hall–Kier alpha value is -1.14. The molecule has 0 aliphatic carbocycles. The number of halogens is 2. The molecule has 0 bridgehead atoms. The van der Waals surface area contributed by atoms with Gasteiger partial charge in [-0.25, -0.2) is 9.97 Å². The molecule has 23 heavy (non-hydrogen) atoms. The molecule has 1 aliphatic rings. The van der Waals surface area contributed by atoms with Gasteiger partial charge in [0.25, 0.3) is 0 Å². The van der Waals surface area contributed by atoms with E-state index in [2.05, 4.69) is 49.7 Å². The van der Waals surface area contributed by atoms with Gasteiger partial charge < -0.3 is 4.90 Å². The lowest BCUT2D eigenvalue weighted by Gasteiger charge is -2.24. The van der Waals surface area contributed by atoms with Crippen LogP contribution in [-0.4, -0.2) is 26.3 Å². The Bertz CT molecular complexity index is 683. The van der Waals surface area contributed by atoms with Crippen LogP contribution >= 0.6 is 27.5 Å². The summed E-state index contributed by atoms with van der Waals surface area (Å²) in [6.45, 7) is 8.16. The third-order valence-corrected chi connectivity index (χ3v) is 4.91. The lowest BCUT2D eigenvalue weighted by atomic mass is 10.1. The van der Waals surface area contributed by atoms with E-state index in [1.165, 1.54) is 0 Å². The molecule has 0 N–H and O–H groups in total. The summed E-state index contributed by atoms with van der Waals surface area (Å²) < 4.78 is 2.81. The van der Waals surface area contributed by atoms with E-state index >= 15 is 0 Å². The van der Waals surface area contributed by atoms with Gasteiger partial charge >= 0.3 is 0 Å². The van der Waals surface area contributed by atoms with Gasteiger partial charge in [0.2, 0.25) is 5.95 Å². The van der Waals surface area contributed by atoms with Gasteiger partial charge in [0.15, 0.2) is 0 Å². The molecule has 0 aromatic carbocycles. The summed E-state index contributed by atoms with van der Waals surface area (Å²) in [7, 11) is 0. The summed E-state index contributed by atoms with van der Waals surface area (Å²) in [5.74, 6) is 1.26. The predicted molar refractivity (Wildman–Crippen MR) is 95.9 cm³/mol. The Balaban J connectivity index is 1.94. The van der Waals surface area contributed by atoms with Crippen LogP contribution in [0.4, 0.5) is 5.95 Å². The van der Waals surface area contributed by atoms with E-state index < -0.39 is 0 Å². The first-order valence-electron chi connectivity index (χ1n) is 7.94. The second-order valence-corrected chi connectivity index (χ2v) is 7.69. The lowest BCUT2D eigenvalue weighted by molar-refractivity contribution is 0.481. The van der Waals surface area contributed by atoms with Crippen molar-refractivity contribution in [3.8, 4) is 0 Å². The van der Waals surface area contributed by atoms with Crippen molar-refractivity contribution in [3.05, 3.63) is 33.3 Å². The first-order chi connectivity index (χ1) is 11.0. The Kier molecular flexibility index (Phi) is 4.92. The first kappa shape index (κ1) is 16.7. The number of hydrogen-bond donors (Lipinski definition) is 0. The summed E-state index contributed by atoms with van der Waals surface area (Å²) in [6, 6.07) is 0.199. The van der Waals surface area contributed by atoms with Gasteiger partial charge in [-0.1, -0.05) is 25.4 Å². The summed E-state index contributed by atoms with van der Waals surface area (Å²) >= 11 is 10.0. The Morgan fingerprint density at radius 1 is 1.35 bits per heavy atom. The molecule has 0 radical (unpaired) electrons. The molecule has 124 valence electrons. The van der Waals surface area contributed by atoms with Gasteiger partial charge in [0.1, 0.15) is 5.15 Å². The fourth-order valence-corrected chi connectivity index (χ4v) is 3.75. The first-order valence-corrected chi connectivity index (χ1v) is 9.11. The maximum atomic E-state index is 6.66. The van der Waals surface area contributed by atoms with Crippen LogP contribution in [0.3, 0.4) is 0 Å². The van der Waals surface area contributed by atoms with E-state index in [0.717, 1.165) is 52.8 Å². The minimum atomic E-state index is 0.199. The molecular weight excluding hydrogens is 378 g/mol. The van der Waals surface area contributed by atoms with Crippen LogP contribution in [-0.2, 0) is 6.54 Å². The van der Waals surface area contributed by atoms with E-state index in [9.17, 15) is 0 Å². The monoisotopic (exact) mass is 397 g/mol. The van der Waals surface area contributed by atoms with Crippen molar-refractivity contribution in [2.24, 2.45) is 5.92 Å². The number of rotatable bonds is 4. The summed E-state index contributed by atoms with van der Waals surface area (Å²) in [6.07, 6.45) is 5.73. The van der Waals surface area contributed by atoms with Gasteiger partial charge in [0.05, 0.1) is 16.2 Å². The van der Waals surface area contributed by atoms with Gasteiger partial charge in [0, 0.05) is 31.0 Å². The number of anilines is 1. The van der Waals surface area contributed by atoms with E-state index in [0.29, 0.717) is 5.92 Å². The van der Waals surface area contributed by atoms with Gasteiger partial charge in [-0.2, -0.15) is 5.10 Å². The maximum absolute atomic E-state index is 6.66. The van der Waals surface area contributed by atoms with Crippen molar-refractivity contribution in [1.29, 1.82) is 0 Å². The van der Waals surface area contributed by atoms with Crippen molar-refractivity contribution < 1.29 is 0 Å². The fourth-order valence-electron chi connectivity index (χ4n) is 3.17. The molecule has 1 fully saturated rings. The molecule has 1 unspecified atom stereocenters. The number of hydrogen-bond acceptors (Lipinski definition) is 4. The molecule has 1 saturated heterocycles. The van der Waals surface area contributed by atoms with Crippen LogP contribution in [0.1, 0.15) is 44.0 Å². The summed E-state index contributed by atoms with van der Waals surface area (Å²) in [5.41, 5.74) is 2.13. The molecule has 3 heterocycles. The molecular formula is C16H21BrClN5. The van der Waals surface area contributed by atoms with Crippen molar-refractivity contribution in [2.45, 2.75) is 46.2 Å². The number of nitrogens with zero attached hydrogens (tertiary/aromatic N) is 5. The van der Waals surface area contributed by atoms with Crippen molar-refractivity contribution in [2.75, 3.05) is 11.4 Å². The zero-order valence-corrected chi connectivity index (χ0v) is 16.0. The molecule has 2 aromatic rings. The van der Waals surface area contributed by atoms with Crippen LogP contribution in [0.2, 0.25) is 5.15 Å². The Morgan fingerprint density at radius 3 is 2.70 bits per heavy atom. The van der Waals surface area contributed by atoms with Gasteiger partial charge in [-0.3, -0.25) is 4.68 Å². The number of aryl methyl sites for hydroxylation is 1. The molecule has 5 nitrogen and oxygen atoms in total. The SMILES string of the molecule is Cc1nn(CC(C)C)c(Cl)c1C1CCCN1c1ncc(Br)cn1. The van der Waals surface area contributed by atoms with E-state index in [4.69, 9.17) is 11.6 Å². The van der Waals surface area contributed by atoms with Crippen LogP contribution < -0.4 is 4.90 Å². The average molecular weight is 399 g/mol. The van der Waals surface area contributed by atoms with Crippen LogP contribution in [0, 0.1) is 12.8 Å². The molecule has 3 rings (SSSR count). The van der Waals surface area contributed by atoms with Crippen molar-refractivity contribution in [3.63, 3.8) is 0 Å². The highest BCUT2D eigenvalue weighted by molar-refractivity contribution is 9.10. The normalized spacial score (nSPS) is 18.2. The zero-order valence-electron chi connectivity index (χ0n) is 13.6. The standard InChI is InChI=1S/C16H21BrClN5/c1-10(2)9-23-15(18)14(11(3)21-23)13-5-4-6-22(13)16-19-7-12(17)8-20-16/h7-8,10,13H,4-6,9H2,1-3H3. The highest BCUT2D eigenvalue weighted by atomic mass is 79.9. The lowest BCUT2D eigenvalue weighted by Crippen LogP contribution is -2.25. The summed E-state index contributed by atoms with van der Waals surface area (Å²) in [5, 5.41) is 5.40. The van der Waals surface area contributed by atoms with Crippen LogP contribution in [0.15, 0.2) is 16.9 Å². The van der Waals surface area contributed by atoms with Crippen LogP contribution in [0.5, 0.6) is 0 Å². The Morgan fingerprint density at radius 2 is 2.04 bits per heavy atom. The second-order valence-electron chi connectivity index (χ2n) is 6.42. The van der Waals surface area contributed by atoms with Gasteiger partial charge in [-0.15, -0.1) is 0 Å². The zero-order chi connectivity index (χ0) is 16.6. The largest absolute Gasteiger partial charge is 0.334 e. The second kappa shape index (κ2) is 6.77. The molecule has 1 atom stereocenters. The molecule has 1 aliphatic heterocycles. The third-order valence-electron chi connectivity index (χ3n) is 4.10. The van der Waals surface area contributed by atoms with E-state index in [-0.39, 0.29) is 6.04 Å². The summed E-state index contributed by atoms with van der Waals surface area (Å²) in [4.78, 5) is 11.1. The maximum Gasteiger partial charge on any atom is 0.225 e. The topological polar surface area (TPSA) is 46.8 Å². The molecule has 0 amide bonds. The molecule has 7 heteroatoms. The highest BCUT2D eigenvalue weighted by Gasteiger charge is 2.33. The van der Waals surface area contributed by atoms with Crippen LogP contribution in [0.25, 0.3) is 0 Å². The highest BCUT2D eigenvalue weighted by Crippen LogP contribution is 2.39. The molecule has 0 spiro atoms. The minimum Gasteiger partial charge on any atom is -0.334 e. The third kappa shape index (κ3) is 3.38. The van der Waals surface area contributed by atoms with E-state index in [1.54, 1.807) is 12.4 Å².